The molecule has 1 aromatic heterocycles. The van der Waals surface area contributed by atoms with Crippen LogP contribution in [-0.2, 0) is 16.4 Å². The minimum Gasteiger partial charge on any atom is -0.505 e. The van der Waals surface area contributed by atoms with Crippen molar-refractivity contribution >= 4 is 44.1 Å². The molecule has 0 spiro atoms. The van der Waals surface area contributed by atoms with Crippen molar-refractivity contribution in [3.05, 3.63) is 58.2 Å². The molecule has 8 heteroatoms. The van der Waals surface area contributed by atoms with E-state index in [0.29, 0.717) is 6.42 Å². The average Bonchev–Trinajstić information content (AvgIpc) is 2.93. The smallest absolute Gasteiger partial charge is 0.244 e. The molecule has 0 aliphatic heterocycles. The van der Waals surface area contributed by atoms with E-state index in [9.17, 15) is 13.5 Å². The van der Waals surface area contributed by atoms with Gasteiger partial charge in [0.1, 0.15) is 4.90 Å². The fraction of sp³-hybridized carbons (Fsp3) is 0.176. The summed E-state index contributed by atoms with van der Waals surface area (Å²) in [6.45, 7) is 1.75. The van der Waals surface area contributed by atoms with Gasteiger partial charge in [-0.2, -0.15) is 0 Å². The Labute approximate surface area is 155 Å². The number of aromatic nitrogens is 1. The summed E-state index contributed by atoms with van der Waals surface area (Å²) >= 11 is 11.7. The number of H-pyrrole nitrogens is 1. The number of fused-ring (bicyclic) bond motifs is 1. The molecule has 0 bridgehead atoms. The second-order valence-corrected chi connectivity index (χ2v) is 8.35. The van der Waals surface area contributed by atoms with E-state index >= 15 is 0 Å². The Hall–Kier alpha value is -1.73. The largest absolute Gasteiger partial charge is 0.505 e. The van der Waals surface area contributed by atoms with Crippen LogP contribution in [0.15, 0.2) is 47.5 Å². The lowest BCUT2D eigenvalue weighted by Crippen LogP contribution is -2.34. The Morgan fingerprint density at radius 2 is 1.96 bits per heavy atom. The lowest BCUT2D eigenvalue weighted by atomic mass is 10.1. The highest BCUT2D eigenvalue weighted by molar-refractivity contribution is 7.89. The molecule has 5 nitrogen and oxygen atoms in total. The molecule has 0 amide bonds. The maximum absolute atomic E-state index is 12.6. The van der Waals surface area contributed by atoms with Crippen molar-refractivity contribution in [2.24, 2.45) is 0 Å². The summed E-state index contributed by atoms with van der Waals surface area (Å²) in [4.78, 5) is 2.82. The number of para-hydroxylation sites is 1. The van der Waals surface area contributed by atoms with Crippen LogP contribution < -0.4 is 4.72 Å². The van der Waals surface area contributed by atoms with E-state index in [1.165, 1.54) is 12.1 Å². The van der Waals surface area contributed by atoms with Crippen LogP contribution in [0.25, 0.3) is 10.9 Å². The number of rotatable bonds is 5. The topological polar surface area (TPSA) is 82.2 Å². The molecule has 3 rings (SSSR count). The normalized spacial score (nSPS) is 13.2. The van der Waals surface area contributed by atoms with Crippen LogP contribution >= 0.6 is 23.2 Å². The number of nitrogens with one attached hydrogen (secondary N) is 2. The summed E-state index contributed by atoms with van der Waals surface area (Å²) in [7, 11) is -3.97. The van der Waals surface area contributed by atoms with Crippen LogP contribution in [0.5, 0.6) is 5.75 Å². The summed E-state index contributed by atoms with van der Waals surface area (Å²) in [6, 6.07) is 9.85. The van der Waals surface area contributed by atoms with Gasteiger partial charge in [0.05, 0.1) is 5.02 Å². The zero-order valence-corrected chi connectivity index (χ0v) is 15.6. The van der Waals surface area contributed by atoms with Crippen molar-refractivity contribution < 1.29 is 13.5 Å². The number of halogens is 2. The molecule has 1 unspecified atom stereocenters. The second-order valence-electron chi connectivity index (χ2n) is 5.82. The molecule has 2 aromatic carbocycles. The van der Waals surface area contributed by atoms with Gasteiger partial charge in [0.25, 0.3) is 0 Å². The molecule has 0 aliphatic carbocycles. The summed E-state index contributed by atoms with van der Waals surface area (Å²) in [5, 5.41) is 11.0. The lowest BCUT2D eigenvalue weighted by molar-refractivity contribution is 0.457. The van der Waals surface area contributed by atoms with Crippen molar-refractivity contribution in [3.63, 3.8) is 0 Å². The van der Waals surface area contributed by atoms with Gasteiger partial charge in [-0.1, -0.05) is 41.4 Å². The van der Waals surface area contributed by atoms with Crippen molar-refractivity contribution in [1.82, 2.24) is 9.71 Å². The van der Waals surface area contributed by atoms with E-state index in [2.05, 4.69) is 9.71 Å². The average molecular weight is 399 g/mol. The monoisotopic (exact) mass is 398 g/mol. The summed E-state index contributed by atoms with van der Waals surface area (Å²) in [5.41, 5.74) is 1.99. The standard InChI is InChI=1S/C17H16Cl2N2O3S/c1-10(6-11-9-20-15-5-3-2-4-13(11)15)21-25(23,24)16-8-12(18)7-14(19)17(16)22/h2-5,7-10,20-22H,6H2,1H3. The fourth-order valence-electron chi connectivity index (χ4n) is 2.75. The van der Waals surface area contributed by atoms with E-state index in [0.717, 1.165) is 16.5 Å². The minimum atomic E-state index is -3.97. The predicted octanol–water partition coefficient (Wildman–Crippen LogP) is 4.09. The number of phenolic OH excluding ortho intramolecular Hbond substituents is 1. The zero-order valence-electron chi connectivity index (χ0n) is 13.3. The highest BCUT2D eigenvalue weighted by atomic mass is 35.5. The first-order valence-corrected chi connectivity index (χ1v) is 9.77. The molecule has 25 heavy (non-hydrogen) atoms. The van der Waals surface area contributed by atoms with Crippen molar-refractivity contribution in [2.75, 3.05) is 0 Å². The number of aromatic hydroxyl groups is 1. The second kappa shape index (κ2) is 6.88. The third-order valence-electron chi connectivity index (χ3n) is 3.84. The Morgan fingerprint density at radius 3 is 2.72 bits per heavy atom. The van der Waals surface area contributed by atoms with Crippen molar-refractivity contribution in [3.8, 4) is 5.75 Å². The van der Waals surface area contributed by atoms with Gasteiger partial charge >= 0.3 is 0 Å². The third kappa shape index (κ3) is 3.77. The Kier molecular flexibility index (Phi) is 4.97. The predicted molar refractivity (Wildman–Crippen MR) is 99.9 cm³/mol. The maximum Gasteiger partial charge on any atom is 0.244 e. The van der Waals surface area contributed by atoms with Crippen molar-refractivity contribution in [2.45, 2.75) is 24.3 Å². The molecule has 3 N–H and O–H groups in total. The molecular weight excluding hydrogens is 383 g/mol. The Bertz CT molecular complexity index is 1030. The number of aromatic amines is 1. The van der Waals surface area contributed by atoms with E-state index in [4.69, 9.17) is 23.2 Å². The number of benzene rings is 2. The molecule has 0 saturated heterocycles. The van der Waals surface area contributed by atoms with Gasteiger partial charge in [-0.3, -0.25) is 0 Å². The van der Waals surface area contributed by atoms with Crippen LogP contribution in [0.2, 0.25) is 10.0 Å². The first kappa shape index (κ1) is 18.1. The SMILES string of the molecule is CC(Cc1c[nH]c2ccccc12)NS(=O)(=O)c1cc(Cl)cc(Cl)c1O. The number of hydrogen-bond acceptors (Lipinski definition) is 3. The third-order valence-corrected chi connectivity index (χ3v) is 5.95. The molecular formula is C17H16Cl2N2O3S. The number of hydrogen-bond donors (Lipinski definition) is 3. The van der Waals surface area contributed by atoms with Crippen LogP contribution in [-0.4, -0.2) is 24.6 Å². The molecule has 132 valence electrons. The summed E-state index contributed by atoms with van der Waals surface area (Å²) in [5.74, 6) is -0.516. The number of sulfonamides is 1. The van der Waals surface area contributed by atoms with Gasteiger partial charge in [0.2, 0.25) is 10.0 Å². The first-order chi connectivity index (χ1) is 11.8. The van der Waals surface area contributed by atoms with Crippen molar-refractivity contribution in [1.29, 1.82) is 0 Å². The molecule has 0 radical (unpaired) electrons. The van der Waals surface area contributed by atoms with Crippen LogP contribution in [0.3, 0.4) is 0 Å². The summed E-state index contributed by atoms with van der Waals surface area (Å²) in [6.07, 6.45) is 2.35. The zero-order chi connectivity index (χ0) is 18.2. The first-order valence-electron chi connectivity index (χ1n) is 7.53. The quantitative estimate of drug-likeness (QED) is 0.605. The molecule has 0 saturated carbocycles. The van der Waals surface area contributed by atoms with E-state index in [-0.39, 0.29) is 14.9 Å². The van der Waals surface area contributed by atoms with Crippen LogP contribution in [0, 0.1) is 0 Å². The minimum absolute atomic E-state index is 0.114. The van der Waals surface area contributed by atoms with Crippen LogP contribution in [0.4, 0.5) is 0 Å². The Balaban J connectivity index is 1.84. The maximum atomic E-state index is 12.6. The highest BCUT2D eigenvalue weighted by Crippen LogP contribution is 2.34. The molecule has 1 heterocycles. The highest BCUT2D eigenvalue weighted by Gasteiger charge is 2.24. The van der Waals surface area contributed by atoms with Gasteiger partial charge < -0.3 is 10.1 Å². The lowest BCUT2D eigenvalue weighted by Gasteiger charge is -2.15. The van der Waals surface area contributed by atoms with E-state index in [1.807, 2.05) is 30.5 Å². The molecule has 0 fully saturated rings. The number of phenols is 1. The van der Waals surface area contributed by atoms with Gasteiger partial charge in [-0.05, 0) is 37.1 Å². The molecule has 1 atom stereocenters. The fourth-order valence-corrected chi connectivity index (χ4v) is 4.75. The van der Waals surface area contributed by atoms with Crippen LogP contribution in [0.1, 0.15) is 12.5 Å². The van der Waals surface area contributed by atoms with E-state index in [1.54, 1.807) is 6.92 Å². The summed E-state index contributed by atoms with van der Waals surface area (Å²) < 4.78 is 27.7. The van der Waals surface area contributed by atoms with Gasteiger partial charge in [-0.25, -0.2) is 13.1 Å². The van der Waals surface area contributed by atoms with E-state index < -0.39 is 21.8 Å². The van der Waals surface area contributed by atoms with Gasteiger partial charge in [-0.15, -0.1) is 0 Å². The van der Waals surface area contributed by atoms with Gasteiger partial charge in [0.15, 0.2) is 5.75 Å². The molecule has 0 aliphatic rings. The Morgan fingerprint density at radius 1 is 1.24 bits per heavy atom. The molecule has 3 aromatic rings. The van der Waals surface area contributed by atoms with Gasteiger partial charge in [0, 0.05) is 28.2 Å².